The van der Waals surface area contributed by atoms with Gasteiger partial charge in [-0.15, -0.1) is 5.73 Å². The second-order valence-corrected chi connectivity index (χ2v) is 23.6. The Balaban J connectivity index is 1.31. The number of hydrogen-bond acceptors (Lipinski definition) is 0. The van der Waals surface area contributed by atoms with Crippen LogP contribution in [-0.2, 0) is 5.41 Å². The molecular weight excluding hydrogens is 925 g/mol. The maximum atomic E-state index is 4.46. The molecule has 0 N–H and O–H groups in total. The number of allylic oxidation sites excluding steroid dienone is 4. The molecule has 0 heteroatoms. The van der Waals surface area contributed by atoms with Gasteiger partial charge in [-0.05, 0) is 110 Å². The molecule has 0 saturated carbocycles. The van der Waals surface area contributed by atoms with Crippen LogP contribution in [0.4, 0.5) is 0 Å². The summed E-state index contributed by atoms with van der Waals surface area (Å²) in [5.41, 5.74) is 28.9. The molecular formula is C77H66. The second kappa shape index (κ2) is 19.2. The summed E-state index contributed by atoms with van der Waals surface area (Å²) in [5.74, 6) is 2.62. The van der Waals surface area contributed by atoms with Gasteiger partial charge in [0.2, 0.25) is 0 Å². The predicted molar refractivity (Wildman–Crippen MR) is 330 cm³/mol. The third-order valence-corrected chi connectivity index (χ3v) is 16.2. The summed E-state index contributed by atoms with van der Waals surface area (Å²) in [6, 6.07) is 77.0. The van der Waals surface area contributed by atoms with Crippen molar-refractivity contribution < 1.29 is 0 Å². The van der Waals surface area contributed by atoms with Gasteiger partial charge in [0, 0.05) is 29.7 Å². The molecule has 2 aliphatic carbocycles. The lowest BCUT2D eigenvalue weighted by molar-refractivity contribution is 0.472. The van der Waals surface area contributed by atoms with Crippen LogP contribution in [0.5, 0.6) is 0 Å². The highest BCUT2D eigenvalue weighted by Crippen LogP contribution is 2.49. The van der Waals surface area contributed by atoms with Crippen LogP contribution in [0.2, 0.25) is 0 Å². The van der Waals surface area contributed by atoms with E-state index in [1.54, 1.807) is 0 Å². The van der Waals surface area contributed by atoms with Gasteiger partial charge in [0.15, 0.2) is 0 Å². The van der Waals surface area contributed by atoms with Gasteiger partial charge in [-0.2, -0.15) is 0 Å². The highest BCUT2D eigenvalue weighted by Gasteiger charge is 2.34. The first kappa shape index (κ1) is 49.3. The predicted octanol–water partition coefficient (Wildman–Crippen LogP) is 19.1. The monoisotopic (exact) mass is 991 g/mol. The van der Waals surface area contributed by atoms with E-state index in [-0.39, 0.29) is 10.8 Å². The van der Waals surface area contributed by atoms with E-state index in [1.807, 2.05) is 0 Å². The molecule has 10 aromatic carbocycles. The zero-order chi connectivity index (χ0) is 53.3. The van der Waals surface area contributed by atoms with Gasteiger partial charge in [0.05, 0.1) is 34.8 Å². The fourth-order valence-corrected chi connectivity index (χ4v) is 12.2. The molecule has 2 aliphatic rings. The normalized spacial score (nSPS) is 13.6. The summed E-state index contributed by atoms with van der Waals surface area (Å²) in [7, 11) is 0. The fraction of sp³-hybridized carbons (Fsp3) is 0.156. The van der Waals surface area contributed by atoms with Gasteiger partial charge >= 0.3 is 0 Å². The first-order valence-electron chi connectivity index (χ1n) is 27.4. The average molecular weight is 991 g/mol. The molecule has 77 heavy (non-hydrogen) atoms. The third kappa shape index (κ3) is 8.98. The number of fused-ring (bicyclic) bond motifs is 4. The van der Waals surface area contributed by atoms with E-state index in [1.165, 1.54) is 144 Å². The molecule has 0 radical (unpaired) electrons. The molecule has 10 aromatic rings. The molecule has 0 heterocycles. The summed E-state index contributed by atoms with van der Waals surface area (Å²) in [4.78, 5) is 0. The van der Waals surface area contributed by atoms with E-state index in [4.69, 9.17) is 0 Å². The van der Waals surface area contributed by atoms with Gasteiger partial charge in [-0.3, -0.25) is 0 Å². The largest absolute Gasteiger partial charge is 0.114 e. The Kier molecular flexibility index (Phi) is 12.3. The van der Waals surface area contributed by atoms with Gasteiger partial charge in [-0.1, -0.05) is 279 Å². The molecule has 0 fully saturated rings. The molecule has 12 rings (SSSR count). The molecule has 0 amide bonds. The van der Waals surface area contributed by atoms with Crippen molar-refractivity contribution in [1.82, 2.24) is 0 Å². The number of rotatable bonds is 5. The number of hydrogen-bond donors (Lipinski definition) is 0. The van der Waals surface area contributed by atoms with Crippen molar-refractivity contribution in [3.8, 4) is 44.5 Å². The van der Waals surface area contributed by atoms with Crippen LogP contribution < -0.4 is 10.4 Å². The van der Waals surface area contributed by atoms with E-state index in [2.05, 4.69) is 293 Å². The van der Waals surface area contributed by atoms with Crippen LogP contribution in [0.3, 0.4) is 0 Å². The molecule has 0 nitrogen and oxygen atoms in total. The highest BCUT2D eigenvalue weighted by atomic mass is 14.4. The molecule has 0 bridgehead atoms. The van der Waals surface area contributed by atoms with E-state index in [0.29, 0.717) is 0 Å². The minimum atomic E-state index is 0.0102. The van der Waals surface area contributed by atoms with Crippen molar-refractivity contribution in [2.75, 3.05) is 0 Å². The van der Waals surface area contributed by atoms with Crippen molar-refractivity contribution in [2.24, 2.45) is 5.41 Å². The quantitative estimate of drug-likeness (QED) is 0.119. The molecule has 0 atom stereocenters. The smallest absolute Gasteiger partial charge is 0.0976 e. The van der Waals surface area contributed by atoms with Gasteiger partial charge < -0.3 is 0 Å². The SMILES string of the molecule is CC1=C[C+](C(C)(C)C)C=C(C)C1=c1c2ccc(-c3ccccc3)cc2c(=C=C2c3cc(-c4ccccc4)ccc3[C-](c3c(C)cc(C(C)(C)C)cc3C)c3ccc(-c4ccccc4)cc32)c2cc(-c3ccccc3)ccc12. The lowest BCUT2D eigenvalue weighted by atomic mass is 9.69. The topological polar surface area (TPSA) is 0 Å². The van der Waals surface area contributed by atoms with Crippen LogP contribution in [0, 0.1) is 31.1 Å². The van der Waals surface area contributed by atoms with Crippen molar-refractivity contribution in [3.63, 3.8) is 0 Å². The molecule has 0 saturated heterocycles. The summed E-state index contributed by atoms with van der Waals surface area (Å²) in [6.07, 6.45) is 4.86. The van der Waals surface area contributed by atoms with Gasteiger partial charge in [0.1, 0.15) is 0 Å². The maximum absolute atomic E-state index is 4.46. The van der Waals surface area contributed by atoms with Crippen LogP contribution in [0.1, 0.15) is 99.9 Å². The Labute approximate surface area is 456 Å². The van der Waals surface area contributed by atoms with Crippen molar-refractivity contribution in [3.05, 3.63) is 296 Å². The first-order valence-corrected chi connectivity index (χ1v) is 27.4. The van der Waals surface area contributed by atoms with Gasteiger partial charge in [0.25, 0.3) is 0 Å². The average Bonchev–Trinajstić information content (AvgIpc) is 3.50. The molecule has 0 spiro atoms. The zero-order valence-corrected chi connectivity index (χ0v) is 46.3. The standard InChI is InChI=1S/C77H66/c1-48-39-60(76(5,6)7)40-49(2)72(48)74-62-35-31-56(52-23-15-11-16-24-52)43-66(62)70(67-44-57(32-36-63(67)74)53-25-17-12-18-26-53)47-71-68-45-58(54-27-19-13-20-28-54)33-37-64(68)75(73-50(3)41-61(42-51(73)4)77(8,9)10)65-38-34-59(46-69(65)71)55-29-21-14-22-30-55/h11-46H,1-10H3. The summed E-state index contributed by atoms with van der Waals surface area (Å²) >= 11 is 0. The number of aryl methyl sites for hydroxylation is 2. The van der Waals surface area contributed by atoms with Crippen LogP contribution in [0.25, 0.3) is 82.9 Å². The minimum Gasteiger partial charge on any atom is -0.114 e. The van der Waals surface area contributed by atoms with Gasteiger partial charge in [-0.25, -0.2) is 0 Å². The Hall–Kier alpha value is -8.54. The van der Waals surface area contributed by atoms with E-state index in [0.717, 1.165) is 10.8 Å². The summed E-state index contributed by atoms with van der Waals surface area (Å²) < 4.78 is 0. The van der Waals surface area contributed by atoms with E-state index in [9.17, 15) is 0 Å². The number of benzene rings is 10. The summed E-state index contributed by atoms with van der Waals surface area (Å²) in [6.45, 7) is 23.2. The Morgan fingerprint density at radius 1 is 0.390 bits per heavy atom. The fourth-order valence-electron chi connectivity index (χ4n) is 12.2. The Morgan fingerprint density at radius 2 is 0.766 bits per heavy atom. The van der Waals surface area contributed by atoms with E-state index < -0.39 is 0 Å². The van der Waals surface area contributed by atoms with Crippen LogP contribution in [-0.4, -0.2) is 0 Å². The minimum absolute atomic E-state index is 0.0102. The Bertz CT molecular complexity index is 3960. The van der Waals surface area contributed by atoms with Crippen LogP contribution in [0.15, 0.2) is 230 Å². The molecule has 0 aliphatic heterocycles. The lowest BCUT2D eigenvalue weighted by Crippen LogP contribution is -2.22. The summed E-state index contributed by atoms with van der Waals surface area (Å²) in [5, 5.41) is 7.13. The molecule has 0 aromatic heterocycles. The van der Waals surface area contributed by atoms with Crippen molar-refractivity contribution in [1.29, 1.82) is 0 Å². The van der Waals surface area contributed by atoms with Crippen LogP contribution >= 0.6 is 0 Å². The van der Waals surface area contributed by atoms with Crippen molar-refractivity contribution in [2.45, 2.75) is 74.7 Å². The zero-order valence-electron chi connectivity index (χ0n) is 46.3. The lowest BCUT2D eigenvalue weighted by Gasteiger charge is -2.39. The second-order valence-electron chi connectivity index (χ2n) is 23.6. The third-order valence-electron chi connectivity index (χ3n) is 16.2. The molecule has 0 unspecified atom stereocenters. The Morgan fingerprint density at radius 3 is 1.14 bits per heavy atom. The first-order chi connectivity index (χ1) is 37.1. The highest BCUT2D eigenvalue weighted by molar-refractivity contribution is 6.08. The molecule has 374 valence electrons. The maximum Gasteiger partial charge on any atom is 0.0976 e. The van der Waals surface area contributed by atoms with E-state index >= 15 is 0 Å². The van der Waals surface area contributed by atoms with Crippen molar-refractivity contribution >= 4 is 38.4 Å².